The Labute approximate surface area is 165 Å². The zero-order valence-electron chi connectivity index (χ0n) is 16.6. The second kappa shape index (κ2) is 10.4. The van der Waals surface area contributed by atoms with Gasteiger partial charge in [0.2, 0.25) is 5.91 Å². The monoisotopic (exact) mass is 386 g/mol. The standard InChI is InChI=1S/C22H27FN2O3/c1-4-13-24-22(27)17(3)25(14-18-7-5-16(2)6-8-18)21(26)15-28-20-11-9-19(23)10-12-20/h5-12,17H,4,13-15H2,1-3H3,(H,24,27)/t17-/m0/s1. The third-order valence-corrected chi connectivity index (χ3v) is 4.37. The molecule has 0 radical (unpaired) electrons. The van der Waals surface area contributed by atoms with Crippen molar-refractivity contribution in [1.82, 2.24) is 10.2 Å². The number of nitrogens with zero attached hydrogens (tertiary/aromatic N) is 1. The van der Waals surface area contributed by atoms with E-state index in [-0.39, 0.29) is 24.2 Å². The van der Waals surface area contributed by atoms with Gasteiger partial charge < -0.3 is 15.0 Å². The first kappa shape index (κ1) is 21.4. The molecule has 150 valence electrons. The van der Waals surface area contributed by atoms with Crippen LogP contribution in [0.25, 0.3) is 0 Å². The number of rotatable bonds is 9. The van der Waals surface area contributed by atoms with E-state index in [1.807, 2.05) is 38.1 Å². The van der Waals surface area contributed by atoms with Crippen molar-refractivity contribution in [1.29, 1.82) is 0 Å². The van der Waals surface area contributed by atoms with Gasteiger partial charge in [-0.3, -0.25) is 9.59 Å². The molecule has 0 saturated heterocycles. The lowest BCUT2D eigenvalue weighted by Gasteiger charge is -2.28. The summed E-state index contributed by atoms with van der Waals surface area (Å²) in [4.78, 5) is 26.7. The van der Waals surface area contributed by atoms with E-state index in [2.05, 4.69) is 5.32 Å². The van der Waals surface area contributed by atoms with Crippen molar-refractivity contribution in [2.75, 3.05) is 13.2 Å². The van der Waals surface area contributed by atoms with Crippen LogP contribution in [0.4, 0.5) is 4.39 Å². The molecule has 0 unspecified atom stereocenters. The molecule has 2 amide bonds. The maximum atomic E-state index is 13.0. The van der Waals surface area contributed by atoms with Crippen LogP contribution >= 0.6 is 0 Å². The Morgan fingerprint density at radius 3 is 2.36 bits per heavy atom. The molecule has 0 aliphatic carbocycles. The molecule has 2 rings (SSSR count). The zero-order chi connectivity index (χ0) is 20.5. The number of ether oxygens (including phenoxy) is 1. The van der Waals surface area contributed by atoms with Crippen molar-refractivity contribution in [2.45, 2.75) is 39.8 Å². The van der Waals surface area contributed by atoms with Crippen LogP contribution in [0.1, 0.15) is 31.4 Å². The summed E-state index contributed by atoms with van der Waals surface area (Å²) < 4.78 is 18.5. The van der Waals surface area contributed by atoms with Gasteiger partial charge >= 0.3 is 0 Å². The summed E-state index contributed by atoms with van der Waals surface area (Å²) in [5.74, 6) is -0.498. The Bertz CT molecular complexity index is 775. The molecule has 0 bridgehead atoms. The molecule has 28 heavy (non-hydrogen) atoms. The van der Waals surface area contributed by atoms with Gasteiger partial charge in [0.25, 0.3) is 5.91 Å². The van der Waals surface area contributed by atoms with Crippen LogP contribution in [0.5, 0.6) is 5.75 Å². The number of hydrogen-bond acceptors (Lipinski definition) is 3. The summed E-state index contributed by atoms with van der Waals surface area (Å²) in [6.07, 6.45) is 0.818. The highest BCUT2D eigenvalue weighted by Crippen LogP contribution is 2.14. The Hall–Kier alpha value is -2.89. The average Bonchev–Trinajstić information content (AvgIpc) is 2.70. The number of nitrogens with one attached hydrogen (secondary N) is 1. The zero-order valence-corrected chi connectivity index (χ0v) is 16.6. The molecule has 2 aromatic carbocycles. The number of hydrogen-bond donors (Lipinski definition) is 1. The third-order valence-electron chi connectivity index (χ3n) is 4.37. The minimum Gasteiger partial charge on any atom is -0.484 e. The molecule has 6 heteroatoms. The molecular formula is C22H27FN2O3. The van der Waals surface area contributed by atoms with Crippen LogP contribution < -0.4 is 10.1 Å². The summed E-state index contributed by atoms with van der Waals surface area (Å²) in [6, 6.07) is 12.6. The fourth-order valence-electron chi connectivity index (χ4n) is 2.63. The normalized spacial score (nSPS) is 11.6. The lowest BCUT2D eigenvalue weighted by molar-refractivity contribution is -0.142. The first-order valence-electron chi connectivity index (χ1n) is 9.41. The smallest absolute Gasteiger partial charge is 0.261 e. The van der Waals surface area contributed by atoms with E-state index in [4.69, 9.17) is 4.74 Å². The summed E-state index contributed by atoms with van der Waals surface area (Å²) in [5, 5.41) is 2.83. The number of aryl methyl sites for hydroxylation is 1. The highest BCUT2D eigenvalue weighted by Gasteiger charge is 2.26. The van der Waals surface area contributed by atoms with Gasteiger partial charge in [0.15, 0.2) is 6.61 Å². The number of benzene rings is 2. The van der Waals surface area contributed by atoms with Crippen molar-refractivity contribution in [3.05, 3.63) is 65.5 Å². The molecule has 1 atom stereocenters. The lowest BCUT2D eigenvalue weighted by atomic mass is 10.1. The van der Waals surface area contributed by atoms with Gasteiger partial charge in [-0.1, -0.05) is 36.8 Å². The molecule has 0 fully saturated rings. The second-order valence-electron chi connectivity index (χ2n) is 6.72. The topological polar surface area (TPSA) is 58.6 Å². The molecule has 0 aliphatic rings. The van der Waals surface area contributed by atoms with Crippen molar-refractivity contribution >= 4 is 11.8 Å². The predicted octanol–water partition coefficient (Wildman–Crippen LogP) is 3.46. The average molecular weight is 386 g/mol. The number of amides is 2. The molecule has 2 aromatic rings. The van der Waals surface area contributed by atoms with E-state index in [0.717, 1.165) is 17.5 Å². The van der Waals surface area contributed by atoms with E-state index in [9.17, 15) is 14.0 Å². The highest BCUT2D eigenvalue weighted by molar-refractivity contribution is 5.87. The van der Waals surface area contributed by atoms with Crippen molar-refractivity contribution in [2.24, 2.45) is 0 Å². The highest BCUT2D eigenvalue weighted by atomic mass is 19.1. The van der Waals surface area contributed by atoms with Gasteiger partial charge in [0.05, 0.1) is 0 Å². The molecule has 1 N–H and O–H groups in total. The van der Waals surface area contributed by atoms with E-state index in [0.29, 0.717) is 18.8 Å². The molecule has 0 spiro atoms. The van der Waals surface area contributed by atoms with Gasteiger partial charge in [-0.2, -0.15) is 0 Å². The van der Waals surface area contributed by atoms with Crippen molar-refractivity contribution < 1.29 is 18.7 Å². The predicted molar refractivity (Wildman–Crippen MR) is 106 cm³/mol. The molecule has 0 aliphatic heterocycles. The van der Waals surface area contributed by atoms with Crippen LogP contribution in [0.15, 0.2) is 48.5 Å². The Kier molecular flexibility index (Phi) is 7.99. The Morgan fingerprint density at radius 2 is 1.75 bits per heavy atom. The third kappa shape index (κ3) is 6.37. The maximum absolute atomic E-state index is 13.0. The van der Waals surface area contributed by atoms with Gasteiger partial charge in [-0.05, 0) is 50.1 Å². The minimum atomic E-state index is -0.642. The van der Waals surface area contributed by atoms with Crippen LogP contribution in [0.3, 0.4) is 0 Å². The molecule has 5 nitrogen and oxygen atoms in total. The van der Waals surface area contributed by atoms with Crippen LogP contribution in [-0.2, 0) is 16.1 Å². The Balaban J connectivity index is 2.10. The first-order valence-corrected chi connectivity index (χ1v) is 9.41. The van der Waals surface area contributed by atoms with E-state index in [1.165, 1.54) is 29.2 Å². The van der Waals surface area contributed by atoms with Gasteiger partial charge in [-0.15, -0.1) is 0 Å². The molecular weight excluding hydrogens is 359 g/mol. The van der Waals surface area contributed by atoms with E-state index < -0.39 is 6.04 Å². The van der Waals surface area contributed by atoms with Crippen LogP contribution in [-0.4, -0.2) is 35.9 Å². The van der Waals surface area contributed by atoms with Gasteiger partial charge in [0, 0.05) is 13.1 Å². The summed E-state index contributed by atoms with van der Waals surface area (Å²) in [5.41, 5.74) is 2.05. The van der Waals surface area contributed by atoms with Crippen molar-refractivity contribution in [3.8, 4) is 5.75 Å². The number of carbonyl (C=O) groups is 2. The second-order valence-corrected chi connectivity index (χ2v) is 6.72. The fourth-order valence-corrected chi connectivity index (χ4v) is 2.63. The number of carbonyl (C=O) groups excluding carboxylic acids is 2. The van der Waals surface area contributed by atoms with Crippen LogP contribution in [0.2, 0.25) is 0 Å². The Morgan fingerprint density at radius 1 is 1.11 bits per heavy atom. The molecule has 0 saturated carbocycles. The van der Waals surface area contributed by atoms with E-state index >= 15 is 0 Å². The summed E-state index contributed by atoms with van der Waals surface area (Å²) in [7, 11) is 0. The van der Waals surface area contributed by atoms with E-state index in [1.54, 1.807) is 6.92 Å². The largest absolute Gasteiger partial charge is 0.484 e. The SMILES string of the molecule is CCCNC(=O)[C@H](C)N(Cc1ccc(C)cc1)C(=O)COc1ccc(F)cc1. The first-order chi connectivity index (χ1) is 13.4. The summed E-state index contributed by atoms with van der Waals surface area (Å²) >= 11 is 0. The minimum absolute atomic E-state index is 0.205. The summed E-state index contributed by atoms with van der Waals surface area (Å²) in [6.45, 7) is 6.28. The molecule has 0 aromatic heterocycles. The quantitative estimate of drug-likeness (QED) is 0.718. The molecule has 0 heterocycles. The van der Waals surface area contributed by atoms with Gasteiger partial charge in [0.1, 0.15) is 17.6 Å². The number of halogens is 1. The maximum Gasteiger partial charge on any atom is 0.261 e. The lowest BCUT2D eigenvalue weighted by Crippen LogP contribution is -2.49. The van der Waals surface area contributed by atoms with Crippen molar-refractivity contribution in [3.63, 3.8) is 0 Å². The van der Waals surface area contributed by atoms with Gasteiger partial charge in [-0.25, -0.2) is 4.39 Å². The fraction of sp³-hybridized carbons (Fsp3) is 0.364. The van der Waals surface area contributed by atoms with Crippen LogP contribution in [0, 0.1) is 12.7 Å².